The monoisotopic (exact) mass is 338 g/mol. The van der Waals surface area contributed by atoms with E-state index < -0.39 is 16.8 Å². The Bertz CT molecular complexity index is 773. The number of nitro benzene ring substituents is 1. The number of carboxylic acid groups (broad SMARTS) is 1. The molecule has 2 rings (SSSR count). The lowest BCUT2D eigenvalue weighted by Crippen LogP contribution is -2.19. The van der Waals surface area contributed by atoms with Crippen molar-refractivity contribution >= 4 is 34.9 Å². The van der Waals surface area contributed by atoms with Crippen LogP contribution < -0.4 is 5.32 Å². The van der Waals surface area contributed by atoms with E-state index in [1.165, 1.54) is 29.1 Å². The lowest BCUT2D eigenvalue weighted by Gasteiger charge is -2.09. The highest BCUT2D eigenvalue weighted by Crippen LogP contribution is 2.27. The number of nitrogens with zero attached hydrogens (tertiary/aromatic N) is 3. The number of aromatic nitrogens is 2. The van der Waals surface area contributed by atoms with Gasteiger partial charge in [0.15, 0.2) is 0 Å². The van der Waals surface area contributed by atoms with Crippen molar-refractivity contribution in [2.75, 3.05) is 5.32 Å². The van der Waals surface area contributed by atoms with Crippen LogP contribution in [0.3, 0.4) is 0 Å². The van der Waals surface area contributed by atoms with Gasteiger partial charge in [0.05, 0.1) is 28.6 Å². The molecule has 1 aromatic heterocycles. The fourth-order valence-corrected chi connectivity index (χ4v) is 1.98. The molecule has 1 aromatic carbocycles. The average Bonchev–Trinajstić information content (AvgIpc) is 2.95. The summed E-state index contributed by atoms with van der Waals surface area (Å²) in [5, 5.41) is 25.9. The number of halogens is 1. The highest BCUT2D eigenvalue weighted by molar-refractivity contribution is 6.34. The topological polar surface area (TPSA) is 127 Å². The molecule has 1 heterocycles. The van der Waals surface area contributed by atoms with E-state index in [1.807, 2.05) is 0 Å². The van der Waals surface area contributed by atoms with Gasteiger partial charge in [0.1, 0.15) is 5.69 Å². The van der Waals surface area contributed by atoms with Gasteiger partial charge in [-0.1, -0.05) is 11.6 Å². The van der Waals surface area contributed by atoms with Gasteiger partial charge in [0, 0.05) is 18.3 Å². The number of nitro groups is 1. The third-order valence-corrected chi connectivity index (χ3v) is 3.23. The van der Waals surface area contributed by atoms with E-state index in [-0.39, 0.29) is 35.1 Å². The van der Waals surface area contributed by atoms with E-state index in [2.05, 4.69) is 10.4 Å². The number of rotatable bonds is 6. The fourth-order valence-electron chi connectivity index (χ4n) is 1.81. The molecule has 10 heteroatoms. The predicted molar refractivity (Wildman–Crippen MR) is 80.5 cm³/mol. The first-order valence-electron chi connectivity index (χ1n) is 6.37. The molecule has 2 N–H and O–H groups in total. The number of carboxylic acids is 1. The Balaban J connectivity index is 2.20. The van der Waals surface area contributed by atoms with Crippen LogP contribution in [0.2, 0.25) is 5.02 Å². The first kappa shape index (κ1) is 16.4. The van der Waals surface area contributed by atoms with Crippen molar-refractivity contribution in [2.24, 2.45) is 0 Å². The first-order chi connectivity index (χ1) is 10.9. The zero-order valence-electron chi connectivity index (χ0n) is 11.6. The molecule has 120 valence electrons. The maximum Gasteiger partial charge on any atom is 0.305 e. The minimum atomic E-state index is -1.02. The Morgan fingerprint density at radius 1 is 1.39 bits per heavy atom. The SMILES string of the molecule is O=C(O)CCn1nccc1C(=O)Nc1cc([N+](=O)[O-])ccc1Cl. The van der Waals surface area contributed by atoms with Gasteiger partial charge in [0.25, 0.3) is 11.6 Å². The van der Waals surface area contributed by atoms with E-state index in [0.717, 1.165) is 6.07 Å². The number of benzene rings is 1. The molecule has 0 saturated heterocycles. The van der Waals surface area contributed by atoms with Crippen LogP contribution in [-0.2, 0) is 11.3 Å². The molecule has 23 heavy (non-hydrogen) atoms. The summed E-state index contributed by atoms with van der Waals surface area (Å²) in [5.74, 6) is -1.62. The second-order valence-electron chi connectivity index (χ2n) is 4.46. The second kappa shape index (κ2) is 6.88. The predicted octanol–water partition coefficient (Wildman–Crippen LogP) is 2.17. The smallest absolute Gasteiger partial charge is 0.305 e. The van der Waals surface area contributed by atoms with Crippen molar-refractivity contribution in [3.63, 3.8) is 0 Å². The maximum atomic E-state index is 12.2. The summed E-state index contributed by atoms with van der Waals surface area (Å²) in [6.45, 7) is 0.0216. The van der Waals surface area contributed by atoms with Crippen LogP contribution in [0.15, 0.2) is 30.5 Å². The number of aliphatic carboxylic acids is 1. The van der Waals surface area contributed by atoms with E-state index in [9.17, 15) is 19.7 Å². The van der Waals surface area contributed by atoms with Crippen molar-refractivity contribution in [1.82, 2.24) is 9.78 Å². The molecule has 1 amide bonds. The average molecular weight is 339 g/mol. The lowest BCUT2D eigenvalue weighted by molar-refractivity contribution is -0.384. The lowest BCUT2D eigenvalue weighted by atomic mass is 10.2. The number of carbonyl (C=O) groups is 2. The summed E-state index contributed by atoms with van der Waals surface area (Å²) >= 11 is 5.91. The van der Waals surface area contributed by atoms with Gasteiger partial charge in [-0.15, -0.1) is 0 Å². The van der Waals surface area contributed by atoms with E-state index in [1.54, 1.807) is 0 Å². The molecule has 0 spiro atoms. The number of aryl methyl sites for hydroxylation is 1. The van der Waals surface area contributed by atoms with Crippen LogP contribution in [0, 0.1) is 10.1 Å². The number of hydrogen-bond acceptors (Lipinski definition) is 5. The number of amides is 1. The number of hydrogen-bond donors (Lipinski definition) is 2. The minimum Gasteiger partial charge on any atom is -0.481 e. The number of anilines is 1. The van der Waals surface area contributed by atoms with Gasteiger partial charge in [-0.05, 0) is 12.1 Å². The quantitative estimate of drug-likeness (QED) is 0.613. The van der Waals surface area contributed by atoms with Crippen LogP contribution in [0.25, 0.3) is 0 Å². The highest BCUT2D eigenvalue weighted by Gasteiger charge is 2.16. The van der Waals surface area contributed by atoms with Gasteiger partial charge in [-0.2, -0.15) is 5.10 Å². The molecule has 2 aromatic rings. The standard InChI is InChI=1S/C13H11ClN4O5/c14-9-2-1-8(18(22)23)7-10(9)16-13(21)11-3-5-15-17(11)6-4-12(19)20/h1-3,5,7H,4,6H2,(H,16,21)(H,19,20). The largest absolute Gasteiger partial charge is 0.481 e. The molecular formula is C13H11ClN4O5. The molecule has 0 saturated carbocycles. The zero-order chi connectivity index (χ0) is 17.0. The minimum absolute atomic E-state index is 0.0216. The Morgan fingerprint density at radius 2 is 2.13 bits per heavy atom. The van der Waals surface area contributed by atoms with E-state index in [0.29, 0.717) is 0 Å². The molecule has 0 aliphatic rings. The highest BCUT2D eigenvalue weighted by atomic mass is 35.5. The summed E-state index contributed by atoms with van der Waals surface area (Å²) in [6.07, 6.45) is 1.16. The Kier molecular flexibility index (Phi) is 4.91. The summed E-state index contributed by atoms with van der Waals surface area (Å²) in [4.78, 5) is 33.0. The molecular weight excluding hydrogens is 328 g/mol. The molecule has 0 fully saturated rings. The molecule has 0 aliphatic heterocycles. The van der Waals surface area contributed by atoms with Crippen molar-refractivity contribution in [2.45, 2.75) is 13.0 Å². The van der Waals surface area contributed by atoms with Gasteiger partial charge >= 0.3 is 5.97 Å². The van der Waals surface area contributed by atoms with Gasteiger partial charge in [-0.25, -0.2) is 0 Å². The van der Waals surface area contributed by atoms with Crippen molar-refractivity contribution < 1.29 is 19.6 Å². The molecule has 0 aliphatic carbocycles. The molecule has 0 atom stereocenters. The first-order valence-corrected chi connectivity index (χ1v) is 6.75. The van der Waals surface area contributed by atoms with Crippen LogP contribution in [0.1, 0.15) is 16.9 Å². The summed E-state index contributed by atoms with van der Waals surface area (Å²) < 4.78 is 1.23. The van der Waals surface area contributed by atoms with Crippen LogP contribution in [-0.4, -0.2) is 31.7 Å². The van der Waals surface area contributed by atoms with Crippen LogP contribution in [0.4, 0.5) is 11.4 Å². The third kappa shape index (κ3) is 4.04. The Labute approximate surface area is 134 Å². The fraction of sp³-hybridized carbons (Fsp3) is 0.154. The molecule has 0 unspecified atom stereocenters. The second-order valence-corrected chi connectivity index (χ2v) is 4.87. The van der Waals surface area contributed by atoms with Crippen LogP contribution in [0.5, 0.6) is 0 Å². The summed E-state index contributed by atoms with van der Waals surface area (Å²) in [5.41, 5.74) is -0.0187. The Morgan fingerprint density at radius 3 is 2.78 bits per heavy atom. The van der Waals surface area contributed by atoms with Gasteiger partial charge in [-0.3, -0.25) is 24.4 Å². The number of carbonyl (C=O) groups excluding carboxylic acids is 1. The Hall–Kier alpha value is -2.94. The normalized spacial score (nSPS) is 10.3. The molecule has 9 nitrogen and oxygen atoms in total. The van der Waals surface area contributed by atoms with E-state index >= 15 is 0 Å². The summed E-state index contributed by atoms with van der Waals surface area (Å²) in [6, 6.07) is 5.06. The van der Waals surface area contributed by atoms with Crippen molar-refractivity contribution in [3.8, 4) is 0 Å². The third-order valence-electron chi connectivity index (χ3n) is 2.90. The number of non-ortho nitro benzene ring substituents is 1. The number of nitrogens with one attached hydrogen (secondary N) is 1. The van der Waals surface area contributed by atoms with Crippen LogP contribution >= 0.6 is 11.6 Å². The summed E-state index contributed by atoms with van der Waals surface area (Å²) in [7, 11) is 0. The van der Waals surface area contributed by atoms with Crippen molar-refractivity contribution in [1.29, 1.82) is 0 Å². The molecule has 0 radical (unpaired) electrons. The van der Waals surface area contributed by atoms with Gasteiger partial charge < -0.3 is 10.4 Å². The zero-order valence-corrected chi connectivity index (χ0v) is 12.4. The van der Waals surface area contributed by atoms with Crippen molar-refractivity contribution in [3.05, 3.63) is 51.3 Å². The maximum absolute atomic E-state index is 12.2. The van der Waals surface area contributed by atoms with E-state index in [4.69, 9.17) is 16.7 Å². The molecule has 0 bridgehead atoms. The van der Waals surface area contributed by atoms with Gasteiger partial charge in [0.2, 0.25) is 0 Å².